The maximum absolute atomic E-state index is 11.0. The van der Waals surface area contributed by atoms with Crippen molar-refractivity contribution in [2.45, 2.75) is 6.92 Å². The van der Waals surface area contributed by atoms with Gasteiger partial charge in [0.2, 0.25) is 0 Å². The summed E-state index contributed by atoms with van der Waals surface area (Å²) in [5.74, 6) is 0. The molecular formula is C16H14N2O2. The van der Waals surface area contributed by atoms with Crippen molar-refractivity contribution >= 4 is 17.3 Å². The Hall–Kier alpha value is -2.45. The summed E-state index contributed by atoms with van der Waals surface area (Å²) in [6, 6.07) is 16.4. The standard InChI is InChI=1S/C16H14N2O2/c1-12-7-8-15(18(19)20)10-16(12)14(11-17)9-13-5-3-2-4-6-13/h2-10,18-19H,1H3/b14-9+. The number of nitriles is 1. The van der Waals surface area contributed by atoms with Crippen molar-refractivity contribution in [1.29, 1.82) is 5.26 Å². The van der Waals surface area contributed by atoms with Gasteiger partial charge in [0.25, 0.3) is 0 Å². The maximum atomic E-state index is 11.0. The van der Waals surface area contributed by atoms with Crippen LogP contribution >= 0.6 is 0 Å². The molecule has 1 atom stereocenters. The van der Waals surface area contributed by atoms with E-state index in [1.165, 1.54) is 6.07 Å². The van der Waals surface area contributed by atoms with Gasteiger partial charge in [0.1, 0.15) is 0 Å². The first-order valence-electron chi connectivity index (χ1n) is 6.13. The highest BCUT2D eigenvalue weighted by molar-refractivity contribution is 5.91. The SMILES string of the molecule is Cc1ccc([NH+]([O-])O)cc1/C(C#N)=C/c1ccccc1. The Labute approximate surface area is 117 Å². The molecule has 0 fully saturated rings. The number of hydrogen-bond acceptors (Lipinski definition) is 3. The van der Waals surface area contributed by atoms with E-state index in [2.05, 4.69) is 6.07 Å². The average Bonchev–Trinajstić information content (AvgIpc) is 2.46. The molecule has 0 aliphatic heterocycles. The smallest absolute Gasteiger partial charge is 0.164 e. The van der Waals surface area contributed by atoms with Crippen molar-refractivity contribution in [2.24, 2.45) is 0 Å². The fourth-order valence-corrected chi connectivity index (χ4v) is 1.93. The third-order valence-corrected chi connectivity index (χ3v) is 3.01. The van der Waals surface area contributed by atoms with Gasteiger partial charge in [-0.15, -0.1) is 0 Å². The number of benzene rings is 2. The Balaban J connectivity index is 2.50. The predicted octanol–water partition coefficient (Wildman–Crippen LogP) is 2.46. The van der Waals surface area contributed by atoms with Crippen molar-refractivity contribution in [3.8, 4) is 6.07 Å². The first-order chi connectivity index (χ1) is 9.61. The monoisotopic (exact) mass is 266 g/mol. The molecule has 4 nitrogen and oxygen atoms in total. The fourth-order valence-electron chi connectivity index (χ4n) is 1.93. The molecule has 0 amide bonds. The third-order valence-electron chi connectivity index (χ3n) is 3.01. The molecule has 20 heavy (non-hydrogen) atoms. The van der Waals surface area contributed by atoms with Crippen LogP contribution in [0.2, 0.25) is 0 Å². The van der Waals surface area contributed by atoms with E-state index in [0.29, 0.717) is 11.1 Å². The van der Waals surface area contributed by atoms with E-state index in [9.17, 15) is 10.5 Å². The summed E-state index contributed by atoms with van der Waals surface area (Å²) in [4.78, 5) is 0. The Bertz CT molecular complexity index is 671. The molecule has 0 heterocycles. The number of nitrogens with zero attached hydrogens (tertiary/aromatic N) is 1. The number of nitrogens with one attached hydrogen (secondary N) is 1. The molecule has 0 bridgehead atoms. The second-order valence-corrected chi connectivity index (χ2v) is 4.42. The quantitative estimate of drug-likeness (QED) is 0.509. The normalized spacial score (nSPS) is 12.8. The van der Waals surface area contributed by atoms with E-state index >= 15 is 0 Å². The van der Waals surface area contributed by atoms with E-state index in [1.54, 1.807) is 18.2 Å². The van der Waals surface area contributed by atoms with Gasteiger partial charge in [0.15, 0.2) is 5.69 Å². The third kappa shape index (κ3) is 3.11. The van der Waals surface area contributed by atoms with Crippen LogP contribution in [0.1, 0.15) is 16.7 Å². The summed E-state index contributed by atoms with van der Waals surface area (Å²) >= 11 is 0. The highest BCUT2D eigenvalue weighted by Crippen LogP contribution is 2.23. The summed E-state index contributed by atoms with van der Waals surface area (Å²) < 4.78 is 0. The van der Waals surface area contributed by atoms with Crippen LogP contribution in [0.4, 0.5) is 5.69 Å². The Kier molecular flexibility index (Phi) is 4.28. The molecule has 100 valence electrons. The molecule has 0 aliphatic rings. The van der Waals surface area contributed by atoms with Crippen molar-refractivity contribution in [3.63, 3.8) is 0 Å². The Morgan fingerprint density at radius 1 is 1.25 bits per heavy atom. The molecule has 0 radical (unpaired) electrons. The minimum atomic E-state index is -0.997. The molecule has 0 saturated carbocycles. The predicted molar refractivity (Wildman–Crippen MR) is 76.9 cm³/mol. The maximum Gasteiger partial charge on any atom is 0.164 e. The molecule has 2 aromatic carbocycles. The van der Waals surface area contributed by atoms with Gasteiger partial charge >= 0.3 is 0 Å². The van der Waals surface area contributed by atoms with E-state index in [1.807, 2.05) is 37.3 Å². The zero-order valence-electron chi connectivity index (χ0n) is 11.0. The first-order valence-corrected chi connectivity index (χ1v) is 6.13. The van der Waals surface area contributed by atoms with Gasteiger partial charge in [-0.25, -0.2) is 5.21 Å². The Morgan fingerprint density at radius 2 is 1.95 bits per heavy atom. The van der Waals surface area contributed by atoms with Crippen molar-refractivity contribution in [1.82, 2.24) is 0 Å². The zero-order valence-corrected chi connectivity index (χ0v) is 11.0. The number of quaternary nitrogens is 1. The highest BCUT2D eigenvalue weighted by Gasteiger charge is 2.09. The zero-order chi connectivity index (χ0) is 14.5. The lowest BCUT2D eigenvalue weighted by molar-refractivity contribution is -0.991. The average molecular weight is 266 g/mol. The largest absolute Gasteiger partial charge is 0.595 e. The van der Waals surface area contributed by atoms with Crippen LogP contribution < -0.4 is 5.23 Å². The molecule has 2 N–H and O–H groups in total. The van der Waals surface area contributed by atoms with Gasteiger partial charge in [0.05, 0.1) is 11.6 Å². The lowest BCUT2D eigenvalue weighted by atomic mass is 9.98. The van der Waals surface area contributed by atoms with Gasteiger partial charge < -0.3 is 5.21 Å². The van der Waals surface area contributed by atoms with Crippen molar-refractivity contribution in [3.05, 3.63) is 70.4 Å². The lowest BCUT2D eigenvalue weighted by Gasteiger charge is -2.13. The summed E-state index contributed by atoms with van der Waals surface area (Å²) in [6.07, 6.45) is 1.76. The Morgan fingerprint density at radius 3 is 2.55 bits per heavy atom. The van der Waals surface area contributed by atoms with Crippen LogP contribution in [-0.2, 0) is 0 Å². The lowest BCUT2D eigenvalue weighted by Crippen LogP contribution is -2.99. The molecule has 0 aliphatic carbocycles. The van der Waals surface area contributed by atoms with Gasteiger partial charge in [-0.3, -0.25) is 0 Å². The van der Waals surface area contributed by atoms with Crippen molar-refractivity contribution < 1.29 is 10.4 Å². The van der Waals surface area contributed by atoms with Crippen LogP contribution in [0, 0.1) is 23.5 Å². The molecule has 0 aromatic heterocycles. The number of hydrogen-bond donors (Lipinski definition) is 2. The van der Waals surface area contributed by atoms with Crippen LogP contribution in [-0.4, -0.2) is 5.21 Å². The van der Waals surface area contributed by atoms with Crippen LogP contribution in [0.5, 0.6) is 0 Å². The van der Waals surface area contributed by atoms with E-state index in [4.69, 9.17) is 5.21 Å². The summed E-state index contributed by atoms with van der Waals surface area (Å²) in [5.41, 5.74) is 3.07. The van der Waals surface area contributed by atoms with Gasteiger partial charge in [-0.05, 0) is 24.1 Å². The molecule has 4 heteroatoms. The topological polar surface area (TPSA) is 71.5 Å². The summed E-state index contributed by atoms with van der Waals surface area (Å²) in [6.45, 7) is 1.86. The van der Waals surface area contributed by atoms with Crippen LogP contribution in [0.15, 0.2) is 48.5 Å². The van der Waals surface area contributed by atoms with E-state index in [0.717, 1.165) is 11.1 Å². The number of rotatable bonds is 3. The van der Waals surface area contributed by atoms with Crippen LogP contribution in [0.3, 0.4) is 0 Å². The van der Waals surface area contributed by atoms with Gasteiger partial charge in [-0.1, -0.05) is 36.4 Å². The van der Waals surface area contributed by atoms with Gasteiger partial charge in [-0.2, -0.15) is 10.5 Å². The molecule has 2 aromatic rings. The van der Waals surface area contributed by atoms with E-state index in [-0.39, 0.29) is 5.69 Å². The minimum Gasteiger partial charge on any atom is -0.595 e. The molecule has 1 unspecified atom stereocenters. The number of allylic oxidation sites excluding steroid dienone is 1. The van der Waals surface area contributed by atoms with E-state index < -0.39 is 5.23 Å². The second-order valence-electron chi connectivity index (χ2n) is 4.42. The number of aryl methyl sites for hydroxylation is 1. The summed E-state index contributed by atoms with van der Waals surface area (Å²) in [5, 5.41) is 28.4. The first kappa shape index (κ1) is 14.0. The van der Waals surface area contributed by atoms with Crippen LogP contribution in [0.25, 0.3) is 11.6 Å². The van der Waals surface area contributed by atoms with Crippen molar-refractivity contribution in [2.75, 3.05) is 0 Å². The molecule has 2 rings (SSSR count). The molecule has 0 spiro atoms. The van der Waals surface area contributed by atoms with Gasteiger partial charge in [0, 0.05) is 17.7 Å². The second kappa shape index (κ2) is 6.13. The molecule has 0 saturated heterocycles. The summed E-state index contributed by atoms with van der Waals surface area (Å²) in [7, 11) is 0. The molecular weight excluding hydrogens is 252 g/mol. The fraction of sp³-hybridized carbons (Fsp3) is 0.0625. The highest BCUT2D eigenvalue weighted by atomic mass is 16.8. The minimum absolute atomic E-state index is 0.180.